The lowest BCUT2D eigenvalue weighted by molar-refractivity contribution is -0.384. The van der Waals surface area contributed by atoms with Crippen LogP contribution in [0.3, 0.4) is 0 Å². The summed E-state index contributed by atoms with van der Waals surface area (Å²) in [5.74, 6) is 0.221. The summed E-state index contributed by atoms with van der Waals surface area (Å²) in [5, 5.41) is 13.6. The number of nitrogens with one attached hydrogen (secondary N) is 1. The Hall–Kier alpha value is -3.15. The molecule has 0 unspecified atom stereocenters. The molecular weight excluding hydrogens is 308 g/mol. The zero-order valence-electron chi connectivity index (χ0n) is 13.5. The van der Waals surface area contributed by atoms with E-state index in [2.05, 4.69) is 5.32 Å². The van der Waals surface area contributed by atoms with E-state index in [9.17, 15) is 14.9 Å². The topological polar surface area (TPSA) is 81.5 Å². The van der Waals surface area contributed by atoms with Gasteiger partial charge in [0, 0.05) is 17.7 Å². The average molecular weight is 326 g/mol. The number of rotatable bonds is 6. The Morgan fingerprint density at radius 3 is 2.75 bits per heavy atom. The Labute approximate surface area is 139 Å². The molecule has 0 bridgehead atoms. The minimum absolute atomic E-state index is 0.133. The highest BCUT2D eigenvalue weighted by atomic mass is 16.6. The van der Waals surface area contributed by atoms with Crippen molar-refractivity contribution in [2.24, 2.45) is 0 Å². The fourth-order valence-corrected chi connectivity index (χ4v) is 2.14. The molecule has 6 heteroatoms. The predicted molar refractivity (Wildman–Crippen MR) is 93.1 cm³/mol. The molecule has 0 aliphatic rings. The van der Waals surface area contributed by atoms with Crippen LogP contribution in [-0.4, -0.2) is 17.4 Å². The number of carbonyl (C=O) groups excluding carboxylic acids is 1. The molecule has 0 spiro atoms. The van der Waals surface area contributed by atoms with Crippen molar-refractivity contribution in [3.63, 3.8) is 0 Å². The lowest BCUT2D eigenvalue weighted by atomic mass is 10.1. The van der Waals surface area contributed by atoms with Crippen LogP contribution in [0.2, 0.25) is 0 Å². The third kappa shape index (κ3) is 4.42. The van der Waals surface area contributed by atoms with Crippen LogP contribution in [0.5, 0.6) is 5.75 Å². The van der Waals surface area contributed by atoms with E-state index in [1.54, 1.807) is 19.1 Å². The summed E-state index contributed by atoms with van der Waals surface area (Å²) in [4.78, 5) is 22.6. The molecule has 1 N–H and O–H groups in total. The average Bonchev–Trinajstić information content (AvgIpc) is 2.56. The van der Waals surface area contributed by atoms with Crippen molar-refractivity contribution < 1.29 is 14.5 Å². The number of nitro groups is 1. The maximum atomic E-state index is 12.1. The molecule has 0 aliphatic heterocycles. The Bertz CT molecular complexity index is 784. The monoisotopic (exact) mass is 326 g/mol. The second-order valence-corrected chi connectivity index (χ2v) is 5.07. The van der Waals surface area contributed by atoms with E-state index in [4.69, 9.17) is 4.74 Å². The van der Waals surface area contributed by atoms with Gasteiger partial charge in [0.25, 0.3) is 5.69 Å². The minimum Gasteiger partial charge on any atom is -0.493 e. The van der Waals surface area contributed by atoms with Crippen LogP contribution in [0, 0.1) is 17.0 Å². The van der Waals surface area contributed by atoms with Gasteiger partial charge < -0.3 is 10.1 Å². The second kappa shape index (κ2) is 7.92. The third-order valence-electron chi connectivity index (χ3n) is 3.24. The number of hydrogen-bond acceptors (Lipinski definition) is 4. The summed E-state index contributed by atoms with van der Waals surface area (Å²) < 4.78 is 5.48. The molecule has 0 saturated heterocycles. The van der Waals surface area contributed by atoms with Gasteiger partial charge in [0.1, 0.15) is 11.4 Å². The SMILES string of the molecule is CCOc1ccccc1/C=C/C(=O)Nc1ccc(C)cc1[N+](=O)[O-]. The molecule has 0 aliphatic carbocycles. The van der Waals surface area contributed by atoms with Gasteiger partial charge in [-0.15, -0.1) is 0 Å². The number of para-hydroxylation sites is 1. The van der Waals surface area contributed by atoms with Gasteiger partial charge in [-0.3, -0.25) is 14.9 Å². The number of aryl methyl sites for hydroxylation is 1. The standard InChI is InChI=1S/C18H18N2O4/c1-3-24-17-7-5-4-6-14(17)9-11-18(21)19-15-10-8-13(2)12-16(15)20(22)23/h4-12H,3H2,1-2H3,(H,19,21)/b11-9+. The van der Waals surface area contributed by atoms with Gasteiger partial charge in [-0.05, 0) is 37.6 Å². The van der Waals surface area contributed by atoms with Crippen molar-refractivity contribution in [1.29, 1.82) is 0 Å². The van der Waals surface area contributed by atoms with Gasteiger partial charge >= 0.3 is 0 Å². The van der Waals surface area contributed by atoms with E-state index < -0.39 is 10.8 Å². The lowest BCUT2D eigenvalue weighted by Gasteiger charge is -2.07. The Morgan fingerprint density at radius 2 is 2.04 bits per heavy atom. The lowest BCUT2D eigenvalue weighted by Crippen LogP contribution is -2.09. The first-order valence-corrected chi connectivity index (χ1v) is 7.47. The van der Waals surface area contributed by atoms with Crippen molar-refractivity contribution in [2.45, 2.75) is 13.8 Å². The first kappa shape index (κ1) is 17.2. The number of hydrogen-bond donors (Lipinski definition) is 1. The first-order valence-electron chi connectivity index (χ1n) is 7.47. The summed E-state index contributed by atoms with van der Waals surface area (Å²) in [6.45, 7) is 4.15. The summed E-state index contributed by atoms with van der Waals surface area (Å²) in [6, 6.07) is 12.0. The summed E-state index contributed by atoms with van der Waals surface area (Å²) in [6.07, 6.45) is 2.93. The summed E-state index contributed by atoms with van der Waals surface area (Å²) >= 11 is 0. The molecule has 0 fully saturated rings. The summed E-state index contributed by atoms with van der Waals surface area (Å²) in [5.41, 5.74) is 1.54. The van der Waals surface area contributed by atoms with Crippen molar-refractivity contribution in [3.8, 4) is 5.75 Å². The third-order valence-corrected chi connectivity index (χ3v) is 3.24. The van der Waals surface area contributed by atoms with Gasteiger partial charge in [-0.25, -0.2) is 0 Å². The molecule has 2 aromatic rings. The molecule has 0 aromatic heterocycles. The smallest absolute Gasteiger partial charge is 0.293 e. The number of amides is 1. The van der Waals surface area contributed by atoms with Crippen LogP contribution in [0.25, 0.3) is 6.08 Å². The van der Waals surface area contributed by atoms with E-state index in [1.807, 2.05) is 31.2 Å². The minimum atomic E-state index is -0.517. The maximum absolute atomic E-state index is 12.1. The molecule has 0 atom stereocenters. The highest BCUT2D eigenvalue weighted by molar-refractivity contribution is 6.03. The van der Waals surface area contributed by atoms with Gasteiger partial charge in [0.15, 0.2) is 0 Å². The van der Waals surface area contributed by atoms with Crippen LogP contribution in [0.1, 0.15) is 18.1 Å². The van der Waals surface area contributed by atoms with E-state index in [1.165, 1.54) is 18.2 Å². The molecule has 24 heavy (non-hydrogen) atoms. The summed E-state index contributed by atoms with van der Waals surface area (Å²) in [7, 11) is 0. The molecule has 1 amide bonds. The molecule has 0 saturated carbocycles. The zero-order valence-corrected chi connectivity index (χ0v) is 13.5. The highest BCUT2D eigenvalue weighted by Gasteiger charge is 2.14. The molecule has 2 rings (SSSR count). The van der Waals surface area contributed by atoms with Crippen LogP contribution >= 0.6 is 0 Å². The Kier molecular flexibility index (Phi) is 5.68. The van der Waals surface area contributed by atoms with E-state index in [0.29, 0.717) is 12.4 Å². The van der Waals surface area contributed by atoms with Crippen molar-refractivity contribution in [2.75, 3.05) is 11.9 Å². The molecule has 2 aromatic carbocycles. The van der Waals surface area contributed by atoms with E-state index in [0.717, 1.165) is 11.1 Å². The molecule has 124 valence electrons. The van der Waals surface area contributed by atoms with Crippen LogP contribution < -0.4 is 10.1 Å². The number of anilines is 1. The van der Waals surface area contributed by atoms with Crippen LogP contribution in [0.4, 0.5) is 11.4 Å². The fourth-order valence-electron chi connectivity index (χ4n) is 2.14. The van der Waals surface area contributed by atoms with E-state index in [-0.39, 0.29) is 11.4 Å². The number of benzene rings is 2. The number of ether oxygens (including phenoxy) is 1. The van der Waals surface area contributed by atoms with Gasteiger partial charge in [-0.2, -0.15) is 0 Å². The number of carbonyl (C=O) groups is 1. The molecule has 0 heterocycles. The van der Waals surface area contributed by atoms with Crippen molar-refractivity contribution in [3.05, 3.63) is 69.8 Å². The van der Waals surface area contributed by atoms with Gasteiger partial charge in [-0.1, -0.05) is 24.3 Å². The normalized spacial score (nSPS) is 10.6. The molecular formula is C18H18N2O4. The quantitative estimate of drug-likeness (QED) is 0.495. The first-order chi connectivity index (χ1) is 11.5. The van der Waals surface area contributed by atoms with Crippen molar-refractivity contribution in [1.82, 2.24) is 0 Å². The molecule has 6 nitrogen and oxygen atoms in total. The zero-order chi connectivity index (χ0) is 17.5. The number of nitro benzene ring substituents is 1. The maximum Gasteiger partial charge on any atom is 0.293 e. The van der Waals surface area contributed by atoms with Gasteiger partial charge in [0.2, 0.25) is 5.91 Å². The van der Waals surface area contributed by atoms with Crippen LogP contribution in [-0.2, 0) is 4.79 Å². The second-order valence-electron chi connectivity index (χ2n) is 5.07. The molecule has 0 radical (unpaired) electrons. The Morgan fingerprint density at radius 1 is 1.29 bits per heavy atom. The largest absolute Gasteiger partial charge is 0.493 e. The fraction of sp³-hybridized carbons (Fsp3) is 0.167. The number of nitrogens with zero attached hydrogens (tertiary/aromatic N) is 1. The van der Waals surface area contributed by atoms with Gasteiger partial charge in [0.05, 0.1) is 11.5 Å². The predicted octanol–water partition coefficient (Wildman–Crippen LogP) is 3.95. The van der Waals surface area contributed by atoms with Crippen LogP contribution in [0.15, 0.2) is 48.5 Å². The highest BCUT2D eigenvalue weighted by Crippen LogP contribution is 2.25. The Balaban J connectivity index is 2.16. The van der Waals surface area contributed by atoms with Crippen molar-refractivity contribution >= 4 is 23.4 Å². The van der Waals surface area contributed by atoms with E-state index >= 15 is 0 Å².